The Bertz CT molecular complexity index is 849. The van der Waals surface area contributed by atoms with Gasteiger partial charge in [0.05, 0.1) is 10.5 Å². The van der Waals surface area contributed by atoms with E-state index in [0.717, 1.165) is 23.7 Å². The van der Waals surface area contributed by atoms with Crippen LogP contribution in [0.2, 0.25) is 0 Å². The molecule has 2 aromatic rings. The first-order valence-corrected chi connectivity index (χ1v) is 7.79. The van der Waals surface area contributed by atoms with Crippen molar-refractivity contribution in [2.75, 3.05) is 11.5 Å². The second kappa shape index (κ2) is 6.72. The van der Waals surface area contributed by atoms with E-state index in [1.807, 2.05) is 31.2 Å². The monoisotopic (exact) mass is 340 g/mol. The van der Waals surface area contributed by atoms with Crippen LogP contribution >= 0.6 is 0 Å². The van der Waals surface area contributed by atoms with Crippen molar-refractivity contribution in [1.82, 2.24) is 0 Å². The van der Waals surface area contributed by atoms with Gasteiger partial charge in [-0.15, -0.1) is 0 Å². The van der Waals surface area contributed by atoms with Gasteiger partial charge in [0.25, 0.3) is 11.6 Å². The van der Waals surface area contributed by atoms with E-state index in [9.17, 15) is 19.7 Å². The van der Waals surface area contributed by atoms with Gasteiger partial charge in [-0.3, -0.25) is 14.9 Å². The topological polar surface area (TPSA) is 89.8 Å². The number of rotatable bonds is 4. The maximum Gasteiger partial charge on any atom is 0.338 e. The number of ether oxygens (including phenoxy) is 1. The molecule has 7 nitrogen and oxygen atoms in total. The molecule has 0 bridgehead atoms. The Morgan fingerprint density at radius 1 is 1.24 bits per heavy atom. The molecule has 0 saturated carbocycles. The third-order valence-corrected chi connectivity index (χ3v) is 4.10. The van der Waals surface area contributed by atoms with Crippen molar-refractivity contribution < 1.29 is 19.2 Å². The number of carbonyl (C=O) groups excluding carboxylic acids is 2. The Kier molecular flexibility index (Phi) is 4.47. The molecule has 0 radical (unpaired) electrons. The summed E-state index contributed by atoms with van der Waals surface area (Å²) in [4.78, 5) is 36.3. The van der Waals surface area contributed by atoms with Crippen LogP contribution < -0.4 is 4.90 Å². The number of hydrogen-bond acceptors (Lipinski definition) is 5. The van der Waals surface area contributed by atoms with Gasteiger partial charge in [0.2, 0.25) is 0 Å². The molecule has 1 heterocycles. The molecular formula is C18H16N2O5. The smallest absolute Gasteiger partial charge is 0.338 e. The molecule has 7 heteroatoms. The van der Waals surface area contributed by atoms with Crippen LogP contribution in [0, 0.1) is 10.1 Å². The highest BCUT2D eigenvalue weighted by Gasteiger charge is 2.31. The molecule has 1 aliphatic rings. The molecule has 0 fully saturated rings. The highest BCUT2D eigenvalue weighted by Crippen LogP contribution is 2.31. The molecule has 3 rings (SSSR count). The predicted molar refractivity (Wildman–Crippen MR) is 90.5 cm³/mol. The van der Waals surface area contributed by atoms with Gasteiger partial charge < -0.3 is 9.64 Å². The van der Waals surface area contributed by atoms with Gasteiger partial charge in [-0.2, -0.15) is 0 Å². The molecule has 0 unspecified atom stereocenters. The Morgan fingerprint density at radius 2 is 2.00 bits per heavy atom. The number of esters is 1. The summed E-state index contributed by atoms with van der Waals surface area (Å²) < 4.78 is 5.05. The Hall–Kier alpha value is -3.22. The largest absolute Gasteiger partial charge is 0.452 e. The molecule has 0 aromatic heterocycles. The molecule has 1 atom stereocenters. The molecule has 1 aliphatic heterocycles. The van der Waals surface area contributed by atoms with Crippen molar-refractivity contribution in [3.63, 3.8) is 0 Å². The Balaban J connectivity index is 1.67. The highest BCUT2D eigenvalue weighted by atomic mass is 16.6. The fraction of sp³-hybridized carbons (Fsp3) is 0.222. The maximum absolute atomic E-state index is 12.5. The van der Waals surface area contributed by atoms with E-state index in [4.69, 9.17) is 4.74 Å². The lowest BCUT2D eigenvalue weighted by molar-refractivity contribution is -0.384. The molecule has 2 aromatic carbocycles. The minimum Gasteiger partial charge on any atom is -0.452 e. The molecule has 0 saturated heterocycles. The van der Waals surface area contributed by atoms with Gasteiger partial charge in [-0.05, 0) is 31.0 Å². The van der Waals surface area contributed by atoms with Crippen LogP contribution in [0.25, 0.3) is 0 Å². The lowest BCUT2D eigenvalue weighted by Gasteiger charge is -2.22. The third-order valence-electron chi connectivity index (χ3n) is 4.10. The average Bonchev–Trinajstić information content (AvgIpc) is 2.95. The molecule has 1 amide bonds. The van der Waals surface area contributed by atoms with E-state index in [0.29, 0.717) is 0 Å². The van der Waals surface area contributed by atoms with Gasteiger partial charge in [-0.25, -0.2) is 4.79 Å². The minimum atomic E-state index is -0.766. The lowest BCUT2D eigenvalue weighted by atomic mass is 10.1. The van der Waals surface area contributed by atoms with Gasteiger partial charge in [0, 0.05) is 23.9 Å². The van der Waals surface area contributed by atoms with Crippen LogP contribution in [0.15, 0.2) is 48.5 Å². The number of anilines is 1. The number of non-ortho nitro benzene ring substituents is 1. The van der Waals surface area contributed by atoms with E-state index >= 15 is 0 Å². The number of nitrogens with zero attached hydrogens (tertiary/aromatic N) is 2. The standard InChI is InChI=1S/C18H16N2O5/c1-12-9-13-5-2-3-8-16(13)19(12)17(21)11-25-18(22)14-6-4-7-15(10-14)20(23)24/h2-8,10,12H,9,11H2,1H3/t12-/m0/s1. The summed E-state index contributed by atoms with van der Waals surface area (Å²) in [7, 11) is 0. The van der Waals surface area contributed by atoms with Crippen molar-refractivity contribution >= 4 is 23.3 Å². The van der Waals surface area contributed by atoms with Crippen molar-refractivity contribution in [2.45, 2.75) is 19.4 Å². The molecular weight excluding hydrogens is 324 g/mol. The Morgan fingerprint density at radius 3 is 2.76 bits per heavy atom. The minimum absolute atomic E-state index is 0.0126. The maximum atomic E-state index is 12.5. The number of amides is 1. The number of para-hydroxylation sites is 1. The van der Waals surface area contributed by atoms with Crippen molar-refractivity contribution in [2.24, 2.45) is 0 Å². The van der Waals surface area contributed by atoms with Crippen molar-refractivity contribution in [3.05, 3.63) is 69.8 Å². The summed E-state index contributed by atoms with van der Waals surface area (Å²) in [5.74, 6) is -1.09. The van der Waals surface area contributed by atoms with Crippen molar-refractivity contribution in [3.8, 4) is 0 Å². The van der Waals surface area contributed by atoms with Crippen LogP contribution in [0.1, 0.15) is 22.8 Å². The number of benzene rings is 2. The molecule has 0 aliphatic carbocycles. The van der Waals surface area contributed by atoms with Gasteiger partial charge >= 0.3 is 5.97 Å². The van der Waals surface area contributed by atoms with Crippen LogP contribution in [-0.2, 0) is 16.0 Å². The van der Waals surface area contributed by atoms with E-state index in [-0.39, 0.29) is 23.2 Å². The second-order valence-corrected chi connectivity index (χ2v) is 5.83. The lowest BCUT2D eigenvalue weighted by Crippen LogP contribution is -2.38. The zero-order valence-electron chi connectivity index (χ0n) is 13.5. The van der Waals surface area contributed by atoms with Crippen LogP contribution in [0.4, 0.5) is 11.4 Å². The number of carbonyl (C=O) groups is 2. The average molecular weight is 340 g/mol. The first-order chi connectivity index (χ1) is 12.0. The van der Waals surface area contributed by atoms with E-state index in [1.165, 1.54) is 18.2 Å². The normalized spacial score (nSPS) is 15.6. The molecule has 0 spiro atoms. The molecule has 0 N–H and O–H groups in total. The first kappa shape index (κ1) is 16.6. The quantitative estimate of drug-likeness (QED) is 0.485. The SMILES string of the molecule is C[C@H]1Cc2ccccc2N1C(=O)COC(=O)c1cccc([N+](=O)[O-])c1. The van der Waals surface area contributed by atoms with E-state index in [1.54, 1.807) is 4.90 Å². The summed E-state index contributed by atoms with van der Waals surface area (Å²) in [5.41, 5.74) is 1.74. The number of nitro benzene ring substituents is 1. The summed E-state index contributed by atoms with van der Waals surface area (Å²) >= 11 is 0. The predicted octanol–water partition coefficient (Wildman–Crippen LogP) is 2.73. The summed E-state index contributed by atoms with van der Waals surface area (Å²) in [6.07, 6.45) is 0.751. The Labute approximate surface area is 144 Å². The van der Waals surface area contributed by atoms with Gasteiger partial charge in [0.1, 0.15) is 0 Å². The van der Waals surface area contributed by atoms with Crippen LogP contribution in [0.5, 0.6) is 0 Å². The van der Waals surface area contributed by atoms with E-state index in [2.05, 4.69) is 0 Å². The van der Waals surface area contributed by atoms with Gasteiger partial charge in [0.15, 0.2) is 6.61 Å². The zero-order valence-corrected chi connectivity index (χ0v) is 13.5. The van der Waals surface area contributed by atoms with Crippen molar-refractivity contribution in [1.29, 1.82) is 0 Å². The highest BCUT2D eigenvalue weighted by molar-refractivity contribution is 5.99. The summed E-state index contributed by atoms with van der Waals surface area (Å²) in [5, 5.41) is 10.8. The second-order valence-electron chi connectivity index (χ2n) is 5.83. The third kappa shape index (κ3) is 3.35. The summed E-state index contributed by atoms with van der Waals surface area (Å²) in [6, 6.07) is 12.8. The fourth-order valence-corrected chi connectivity index (χ4v) is 2.97. The number of nitro groups is 1. The molecule has 25 heavy (non-hydrogen) atoms. The van der Waals surface area contributed by atoms with Crippen LogP contribution in [0.3, 0.4) is 0 Å². The van der Waals surface area contributed by atoms with Gasteiger partial charge in [-0.1, -0.05) is 24.3 Å². The number of fused-ring (bicyclic) bond motifs is 1. The summed E-state index contributed by atoms with van der Waals surface area (Å²) in [6.45, 7) is 1.51. The first-order valence-electron chi connectivity index (χ1n) is 7.79. The van der Waals surface area contributed by atoms with E-state index < -0.39 is 17.5 Å². The molecule has 128 valence electrons. The fourth-order valence-electron chi connectivity index (χ4n) is 2.97. The van der Waals surface area contributed by atoms with Crippen LogP contribution in [-0.4, -0.2) is 29.4 Å². The zero-order chi connectivity index (χ0) is 18.0. The number of hydrogen-bond donors (Lipinski definition) is 0.